The molecule has 1 aliphatic carbocycles. The average molecular weight is 282 g/mol. The van der Waals surface area contributed by atoms with Crippen molar-refractivity contribution >= 4 is 12.0 Å². The second-order valence-corrected chi connectivity index (χ2v) is 6.59. The van der Waals surface area contributed by atoms with Gasteiger partial charge in [-0.2, -0.15) is 0 Å². The lowest BCUT2D eigenvalue weighted by molar-refractivity contribution is -0.148. The average Bonchev–Trinajstić information content (AvgIpc) is 2.58. The molecule has 0 aromatic heterocycles. The van der Waals surface area contributed by atoms with E-state index in [0.29, 0.717) is 24.7 Å². The van der Waals surface area contributed by atoms with Gasteiger partial charge in [-0.15, -0.1) is 0 Å². The number of urea groups is 1. The van der Waals surface area contributed by atoms with Crippen molar-refractivity contribution in [2.45, 2.75) is 57.9 Å². The van der Waals surface area contributed by atoms with E-state index in [2.05, 4.69) is 19.2 Å². The largest absolute Gasteiger partial charge is 0.480 e. The number of carboxylic acid groups (broad SMARTS) is 1. The molecule has 5 nitrogen and oxygen atoms in total. The van der Waals surface area contributed by atoms with Crippen LogP contribution in [0.5, 0.6) is 0 Å². The van der Waals surface area contributed by atoms with Gasteiger partial charge in [0.05, 0.1) is 0 Å². The number of likely N-dealkylation sites (tertiary alicyclic amines) is 1. The first kappa shape index (κ1) is 15.1. The monoisotopic (exact) mass is 282 g/mol. The summed E-state index contributed by atoms with van der Waals surface area (Å²) in [6, 6.07) is -0.198. The highest BCUT2D eigenvalue weighted by atomic mass is 16.4. The van der Waals surface area contributed by atoms with Gasteiger partial charge < -0.3 is 15.3 Å². The standard InChI is InChI=1S/C15H26N2O3/c1-11(2)12-5-3-9-17(10-6-12)14(20)16-15(13(18)19)7-4-8-15/h11-12H,3-10H2,1-2H3,(H,16,20)(H,18,19). The van der Waals surface area contributed by atoms with Gasteiger partial charge in [-0.1, -0.05) is 13.8 Å². The van der Waals surface area contributed by atoms with Crippen LogP contribution in [-0.4, -0.2) is 40.6 Å². The smallest absolute Gasteiger partial charge is 0.329 e. The summed E-state index contributed by atoms with van der Waals surface area (Å²) in [5.74, 6) is 0.423. The molecule has 0 spiro atoms. The van der Waals surface area contributed by atoms with Crippen LogP contribution in [0.2, 0.25) is 0 Å². The second-order valence-electron chi connectivity index (χ2n) is 6.59. The highest BCUT2D eigenvalue weighted by Crippen LogP contribution is 2.32. The fraction of sp³-hybridized carbons (Fsp3) is 0.867. The van der Waals surface area contributed by atoms with Crippen LogP contribution in [0.25, 0.3) is 0 Å². The number of carbonyl (C=O) groups is 2. The van der Waals surface area contributed by atoms with Crippen molar-refractivity contribution in [1.29, 1.82) is 0 Å². The first-order valence-electron chi connectivity index (χ1n) is 7.75. The summed E-state index contributed by atoms with van der Waals surface area (Å²) in [7, 11) is 0. The Bertz CT molecular complexity index is 377. The van der Waals surface area contributed by atoms with Gasteiger partial charge in [-0.25, -0.2) is 9.59 Å². The van der Waals surface area contributed by atoms with Gasteiger partial charge >= 0.3 is 12.0 Å². The van der Waals surface area contributed by atoms with E-state index in [1.807, 2.05) is 0 Å². The SMILES string of the molecule is CC(C)C1CCCN(C(=O)NC2(C(=O)O)CCC2)CC1. The van der Waals surface area contributed by atoms with Crippen molar-refractivity contribution in [2.75, 3.05) is 13.1 Å². The molecule has 1 saturated heterocycles. The van der Waals surface area contributed by atoms with Crippen molar-refractivity contribution in [3.8, 4) is 0 Å². The number of nitrogens with zero attached hydrogens (tertiary/aromatic N) is 1. The Morgan fingerprint density at radius 1 is 1.20 bits per heavy atom. The quantitative estimate of drug-likeness (QED) is 0.835. The van der Waals surface area contributed by atoms with Crippen LogP contribution in [0.3, 0.4) is 0 Å². The highest BCUT2D eigenvalue weighted by Gasteiger charge is 2.46. The van der Waals surface area contributed by atoms with E-state index in [9.17, 15) is 14.7 Å². The van der Waals surface area contributed by atoms with Gasteiger partial charge in [0.25, 0.3) is 0 Å². The lowest BCUT2D eigenvalue weighted by Gasteiger charge is -2.39. The minimum absolute atomic E-state index is 0.198. The van der Waals surface area contributed by atoms with Gasteiger partial charge in [0, 0.05) is 13.1 Å². The Morgan fingerprint density at radius 3 is 2.40 bits per heavy atom. The Hall–Kier alpha value is -1.26. The van der Waals surface area contributed by atoms with Crippen LogP contribution < -0.4 is 5.32 Å². The minimum atomic E-state index is -0.999. The van der Waals surface area contributed by atoms with Crippen molar-refractivity contribution < 1.29 is 14.7 Å². The summed E-state index contributed by atoms with van der Waals surface area (Å²) < 4.78 is 0. The zero-order valence-electron chi connectivity index (χ0n) is 12.5. The van der Waals surface area contributed by atoms with Crippen molar-refractivity contribution in [3.63, 3.8) is 0 Å². The molecular weight excluding hydrogens is 256 g/mol. The molecule has 1 unspecified atom stereocenters. The molecule has 1 heterocycles. The van der Waals surface area contributed by atoms with E-state index in [4.69, 9.17) is 0 Å². The van der Waals surface area contributed by atoms with E-state index in [-0.39, 0.29) is 6.03 Å². The molecule has 2 aliphatic rings. The van der Waals surface area contributed by atoms with Gasteiger partial charge in [0.15, 0.2) is 0 Å². The highest BCUT2D eigenvalue weighted by molar-refractivity contribution is 5.87. The van der Waals surface area contributed by atoms with Gasteiger partial charge in [-0.3, -0.25) is 0 Å². The first-order chi connectivity index (χ1) is 9.44. The molecule has 1 saturated carbocycles. The van der Waals surface area contributed by atoms with Crippen LogP contribution >= 0.6 is 0 Å². The molecule has 2 N–H and O–H groups in total. The molecule has 2 amide bonds. The molecule has 1 atom stereocenters. The molecule has 1 aliphatic heterocycles. The zero-order valence-corrected chi connectivity index (χ0v) is 12.5. The molecule has 20 heavy (non-hydrogen) atoms. The second kappa shape index (κ2) is 6.02. The topological polar surface area (TPSA) is 69.6 Å². The zero-order chi connectivity index (χ0) is 14.8. The van der Waals surface area contributed by atoms with Crippen molar-refractivity contribution in [3.05, 3.63) is 0 Å². The Morgan fingerprint density at radius 2 is 1.90 bits per heavy atom. The van der Waals surface area contributed by atoms with Crippen LogP contribution in [0.15, 0.2) is 0 Å². The number of carboxylic acids is 1. The fourth-order valence-corrected chi connectivity index (χ4v) is 3.20. The summed E-state index contributed by atoms with van der Waals surface area (Å²) in [5.41, 5.74) is -0.999. The molecule has 2 rings (SSSR count). The number of hydrogen-bond acceptors (Lipinski definition) is 2. The lowest BCUT2D eigenvalue weighted by atomic mass is 9.77. The van der Waals surface area contributed by atoms with Crippen molar-refractivity contribution in [1.82, 2.24) is 10.2 Å². The molecule has 0 aromatic rings. The predicted octanol–water partition coefficient (Wildman–Crippen LogP) is 2.46. The maximum atomic E-state index is 12.3. The van der Waals surface area contributed by atoms with Gasteiger partial charge in [0.2, 0.25) is 0 Å². The first-order valence-corrected chi connectivity index (χ1v) is 7.75. The van der Waals surface area contributed by atoms with Crippen LogP contribution in [-0.2, 0) is 4.79 Å². The van der Waals surface area contributed by atoms with E-state index in [1.165, 1.54) is 0 Å². The molecule has 0 bridgehead atoms. The molecule has 0 aromatic carbocycles. The third-order valence-corrected chi connectivity index (χ3v) is 4.97. The third kappa shape index (κ3) is 3.07. The van der Waals surface area contributed by atoms with Crippen molar-refractivity contribution in [2.24, 2.45) is 11.8 Å². The Balaban J connectivity index is 1.91. The van der Waals surface area contributed by atoms with E-state index >= 15 is 0 Å². The number of nitrogens with one attached hydrogen (secondary N) is 1. The summed E-state index contributed by atoms with van der Waals surface area (Å²) >= 11 is 0. The molecule has 114 valence electrons. The number of rotatable bonds is 3. The normalized spacial score (nSPS) is 25.8. The summed E-state index contributed by atoms with van der Waals surface area (Å²) in [5, 5.41) is 12.0. The van der Waals surface area contributed by atoms with Crippen LogP contribution in [0.4, 0.5) is 4.79 Å². The maximum absolute atomic E-state index is 12.3. The van der Waals surface area contributed by atoms with E-state index < -0.39 is 11.5 Å². The van der Waals surface area contributed by atoms with Crippen LogP contribution in [0, 0.1) is 11.8 Å². The van der Waals surface area contributed by atoms with E-state index in [1.54, 1.807) is 4.90 Å². The molecule has 5 heteroatoms. The van der Waals surface area contributed by atoms with Crippen LogP contribution in [0.1, 0.15) is 52.4 Å². The molecule has 0 radical (unpaired) electrons. The maximum Gasteiger partial charge on any atom is 0.329 e. The Kier molecular flexibility index (Phi) is 4.55. The Labute approximate surface area is 120 Å². The number of hydrogen-bond donors (Lipinski definition) is 2. The number of carbonyl (C=O) groups excluding carboxylic acids is 1. The predicted molar refractivity (Wildman–Crippen MR) is 76.5 cm³/mol. The summed E-state index contributed by atoms with van der Waals surface area (Å²) in [6.07, 6.45) is 5.17. The third-order valence-electron chi connectivity index (χ3n) is 4.97. The van der Waals surface area contributed by atoms with Gasteiger partial charge in [0.1, 0.15) is 5.54 Å². The molecule has 2 fully saturated rings. The number of aliphatic carboxylic acids is 1. The summed E-state index contributed by atoms with van der Waals surface area (Å²) in [4.78, 5) is 25.4. The summed E-state index contributed by atoms with van der Waals surface area (Å²) in [6.45, 7) is 5.94. The fourth-order valence-electron chi connectivity index (χ4n) is 3.20. The molecular formula is C15H26N2O3. The van der Waals surface area contributed by atoms with E-state index in [0.717, 1.165) is 38.8 Å². The van der Waals surface area contributed by atoms with Gasteiger partial charge in [-0.05, 0) is 50.4 Å². The minimum Gasteiger partial charge on any atom is -0.480 e. The number of amides is 2. The lowest BCUT2D eigenvalue weighted by Crippen LogP contribution is -2.61.